The van der Waals surface area contributed by atoms with Crippen molar-refractivity contribution in [1.82, 2.24) is 14.8 Å². The lowest BCUT2D eigenvalue weighted by atomic mass is 9.81. The van der Waals surface area contributed by atoms with Gasteiger partial charge in [0.15, 0.2) is 0 Å². The minimum absolute atomic E-state index is 0.0348. The molecule has 7 nitrogen and oxygen atoms in total. The second kappa shape index (κ2) is 10.2. The molecule has 164 valence electrons. The minimum atomic E-state index is -0.180. The van der Waals surface area contributed by atoms with Gasteiger partial charge in [-0.15, -0.1) is 0 Å². The van der Waals surface area contributed by atoms with E-state index in [9.17, 15) is 14.4 Å². The molecule has 0 saturated carbocycles. The van der Waals surface area contributed by atoms with Gasteiger partial charge in [0.1, 0.15) is 5.15 Å². The van der Waals surface area contributed by atoms with Crippen molar-refractivity contribution in [1.29, 1.82) is 0 Å². The van der Waals surface area contributed by atoms with Gasteiger partial charge in [-0.25, -0.2) is 4.98 Å². The molecule has 2 fully saturated rings. The number of esters is 1. The predicted octanol–water partition coefficient (Wildman–Crippen LogP) is 3.03. The maximum atomic E-state index is 12.9. The molecule has 30 heavy (non-hydrogen) atoms. The van der Waals surface area contributed by atoms with Crippen molar-refractivity contribution < 1.29 is 19.1 Å². The van der Waals surface area contributed by atoms with Gasteiger partial charge in [0.2, 0.25) is 5.91 Å². The maximum Gasteiger partial charge on any atom is 0.308 e. The van der Waals surface area contributed by atoms with E-state index in [0.29, 0.717) is 56.2 Å². The first-order valence-electron chi connectivity index (χ1n) is 10.7. The number of pyridine rings is 1. The largest absolute Gasteiger partial charge is 0.469 e. The van der Waals surface area contributed by atoms with Gasteiger partial charge >= 0.3 is 5.97 Å². The summed E-state index contributed by atoms with van der Waals surface area (Å²) in [7, 11) is 1.41. The summed E-state index contributed by atoms with van der Waals surface area (Å²) in [6.07, 6.45) is 5.11. The van der Waals surface area contributed by atoms with E-state index < -0.39 is 0 Å². The molecule has 8 heteroatoms. The summed E-state index contributed by atoms with van der Waals surface area (Å²) in [6, 6.07) is 3.28. The number of aromatic nitrogens is 1. The van der Waals surface area contributed by atoms with Gasteiger partial charge in [0, 0.05) is 44.4 Å². The number of halogens is 1. The number of hydrogen-bond donors (Lipinski definition) is 0. The first-order chi connectivity index (χ1) is 14.4. The summed E-state index contributed by atoms with van der Waals surface area (Å²) in [5, 5.41) is 0.310. The quantitative estimate of drug-likeness (QED) is 0.524. The second-order valence-electron chi connectivity index (χ2n) is 8.22. The summed E-state index contributed by atoms with van der Waals surface area (Å²) in [4.78, 5) is 45.0. The monoisotopic (exact) mass is 435 g/mol. The van der Waals surface area contributed by atoms with Gasteiger partial charge in [0.25, 0.3) is 5.91 Å². The molecule has 0 N–H and O–H groups in total. The zero-order chi connectivity index (χ0) is 21.7. The fourth-order valence-electron chi connectivity index (χ4n) is 4.60. The molecule has 0 bridgehead atoms. The smallest absolute Gasteiger partial charge is 0.308 e. The van der Waals surface area contributed by atoms with Gasteiger partial charge in [-0.1, -0.05) is 24.9 Å². The Balaban J connectivity index is 1.54. The van der Waals surface area contributed by atoms with Crippen LogP contribution in [0.2, 0.25) is 5.15 Å². The highest BCUT2D eigenvalue weighted by molar-refractivity contribution is 6.29. The lowest BCUT2D eigenvalue weighted by Gasteiger charge is -2.39. The zero-order valence-electron chi connectivity index (χ0n) is 17.7. The SMILES string of the molecule is CCC1CN(C(=O)c2ccnc(Cl)c2)CCC1CC(=O)N1CCC(C(=O)OC)CC1. The van der Waals surface area contributed by atoms with E-state index in [1.807, 2.05) is 9.80 Å². The van der Waals surface area contributed by atoms with Crippen LogP contribution < -0.4 is 0 Å². The van der Waals surface area contributed by atoms with E-state index in [4.69, 9.17) is 16.3 Å². The molecule has 2 unspecified atom stereocenters. The summed E-state index contributed by atoms with van der Waals surface area (Å²) in [5.74, 6) is 0.399. The standard InChI is InChI=1S/C22H30ClN3O4/c1-3-15-14-26(21(28)18-4-8-24-19(23)12-18)11-7-17(15)13-20(27)25-9-5-16(6-10-25)22(29)30-2/h4,8,12,15-17H,3,5-7,9-11,13-14H2,1-2H3. The average Bonchev–Trinajstić information content (AvgIpc) is 2.78. The third-order valence-electron chi connectivity index (χ3n) is 6.50. The average molecular weight is 436 g/mol. The molecular weight excluding hydrogens is 406 g/mol. The molecule has 2 aliphatic heterocycles. The molecule has 1 aromatic heterocycles. The second-order valence-corrected chi connectivity index (χ2v) is 8.61. The fraction of sp³-hybridized carbons (Fsp3) is 0.636. The minimum Gasteiger partial charge on any atom is -0.469 e. The summed E-state index contributed by atoms with van der Waals surface area (Å²) < 4.78 is 4.82. The van der Waals surface area contributed by atoms with E-state index in [-0.39, 0.29) is 35.5 Å². The van der Waals surface area contributed by atoms with Crippen molar-refractivity contribution in [3.8, 4) is 0 Å². The van der Waals surface area contributed by atoms with Crippen molar-refractivity contribution in [3.05, 3.63) is 29.0 Å². The predicted molar refractivity (Wildman–Crippen MR) is 113 cm³/mol. The van der Waals surface area contributed by atoms with Crippen LogP contribution in [0.4, 0.5) is 0 Å². The lowest BCUT2D eigenvalue weighted by molar-refractivity contribution is -0.149. The van der Waals surface area contributed by atoms with Crippen molar-refractivity contribution in [2.75, 3.05) is 33.3 Å². The van der Waals surface area contributed by atoms with Crippen molar-refractivity contribution >= 4 is 29.4 Å². The lowest BCUT2D eigenvalue weighted by Crippen LogP contribution is -2.46. The Kier molecular flexibility index (Phi) is 7.69. The number of piperidine rings is 2. The Hall–Kier alpha value is -2.15. The van der Waals surface area contributed by atoms with E-state index >= 15 is 0 Å². The molecule has 2 amide bonds. The molecule has 0 aliphatic carbocycles. The first kappa shape index (κ1) is 22.5. The van der Waals surface area contributed by atoms with Crippen LogP contribution in [0.3, 0.4) is 0 Å². The van der Waals surface area contributed by atoms with E-state index in [2.05, 4.69) is 11.9 Å². The van der Waals surface area contributed by atoms with Crippen LogP contribution in [0.1, 0.15) is 49.4 Å². The molecule has 0 aromatic carbocycles. The van der Waals surface area contributed by atoms with Crippen LogP contribution in [0, 0.1) is 17.8 Å². The highest BCUT2D eigenvalue weighted by Crippen LogP contribution is 2.31. The molecule has 1 aromatic rings. The number of carbonyl (C=O) groups excluding carboxylic acids is 3. The van der Waals surface area contributed by atoms with Crippen LogP contribution in [0.5, 0.6) is 0 Å². The van der Waals surface area contributed by atoms with E-state index in [0.717, 1.165) is 12.8 Å². The number of likely N-dealkylation sites (tertiary alicyclic amines) is 2. The van der Waals surface area contributed by atoms with Crippen molar-refractivity contribution in [2.24, 2.45) is 17.8 Å². The van der Waals surface area contributed by atoms with Gasteiger partial charge in [-0.05, 0) is 43.2 Å². The number of amides is 2. The third kappa shape index (κ3) is 5.31. The van der Waals surface area contributed by atoms with Crippen molar-refractivity contribution in [3.63, 3.8) is 0 Å². The Morgan fingerprint density at radius 2 is 1.83 bits per heavy atom. The first-order valence-corrected chi connectivity index (χ1v) is 11.1. The third-order valence-corrected chi connectivity index (χ3v) is 6.70. The summed E-state index contributed by atoms with van der Waals surface area (Å²) >= 11 is 5.92. The van der Waals surface area contributed by atoms with Crippen LogP contribution in [0.15, 0.2) is 18.3 Å². The molecule has 3 heterocycles. The molecular formula is C22H30ClN3O4. The number of nitrogens with zero attached hydrogens (tertiary/aromatic N) is 3. The fourth-order valence-corrected chi connectivity index (χ4v) is 4.77. The molecule has 0 radical (unpaired) electrons. The Morgan fingerprint density at radius 3 is 2.47 bits per heavy atom. The van der Waals surface area contributed by atoms with E-state index in [1.165, 1.54) is 7.11 Å². The van der Waals surface area contributed by atoms with Gasteiger partial charge < -0.3 is 14.5 Å². The molecule has 2 aliphatic rings. The van der Waals surface area contributed by atoms with Gasteiger partial charge in [0.05, 0.1) is 13.0 Å². The number of hydrogen-bond acceptors (Lipinski definition) is 5. The Labute approximate surface area is 182 Å². The Morgan fingerprint density at radius 1 is 1.13 bits per heavy atom. The number of rotatable bonds is 5. The molecule has 3 rings (SSSR count). The topological polar surface area (TPSA) is 79.8 Å². The van der Waals surface area contributed by atoms with Crippen LogP contribution in [-0.4, -0.2) is 65.9 Å². The van der Waals surface area contributed by atoms with Crippen LogP contribution in [0.25, 0.3) is 0 Å². The van der Waals surface area contributed by atoms with Gasteiger partial charge in [-0.3, -0.25) is 14.4 Å². The summed E-state index contributed by atoms with van der Waals surface area (Å²) in [5.41, 5.74) is 0.549. The van der Waals surface area contributed by atoms with E-state index in [1.54, 1.807) is 18.3 Å². The molecule has 2 saturated heterocycles. The Bertz CT molecular complexity index is 779. The molecule has 0 spiro atoms. The normalized spacial score (nSPS) is 22.6. The van der Waals surface area contributed by atoms with Gasteiger partial charge in [-0.2, -0.15) is 0 Å². The molecule has 2 atom stereocenters. The number of carbonyl (C=O) groups is 3. The maximum absolute atomic E-state index is 12.9. The summed E-state index contributed by atoms with van der Waals surface area (Å²) in [6.45, 7) is 4.61. The highest BCUT2D eigenvalue weighted by Gasteiger charge is 2.34. The van der Waals surface area contributed by atoms with Crippen LogP contribution in [-0.2, 0) is 14.3 Å². The number of methoxy groups -OCH3 is 1. The highest BCUT2D eigenvalue weighted by atomic mass is 35.5. The number of ether oxygens (including phenoxy) is 1. The van der Waals surface area contributed by atoms with Crippen LogP contribution >= 0.6 is 11.6 Å². The zero-order valence-corrected chi connectivity index (χ0v) is 18.4. The van der Waals surface area contributed by atoms with Crippen molar-refractivity contribution in [2.45, 2.75) is 39.0 Å².